The first-order valence-corrected chi connectivity index (χ1v) is 6.79. The van der Waals surface area contributed by atoms with Gasteiger partial charge in [0, 0.05) is 7.05 Å². The van der Waals surface area contributed by atoms with Gasteiger partial charge in [-0.15, -0.1) is 0 Å². The molecule has 1 aromatic heterocycles. The van der Waals surface area contributed by atoms with Gasteiger partial charge in [0.15, 0.2) is 5.03 Å². The summed E-state index contributed by atoms with van der Waals surface area (Å²) >= 11 is 0. The van der Waals surface area contributed by atoms with E-state index in [9.17, 15) is 17.6 Å². The molecule has 0 saturated carbocycles. The van der Waals surface area contributed by atoms with Crippen molar-refractivity contribution < 1.29 is 22.7 Å². The molecule has 0 aliphatic heterocycles. The SMILES string of the molecule is CN(c1ccc(F)cc1)S(=O)(=O)c1[nH]ncc1C(=O)O. The molecule has 2 aromatic rings. The summed E-state index contributed by atoms with van der Waals surface area (Å²) in [4.78, 5) is 10.9. The van der Waals surface area contributed by atoms with Gasteiger partial charge in [0.2, 0.25) is 0 Å². The molecule has 0 unspecified atom stereocenters. The maximum atomic E-state index is 12.8. The van der Waals surface area contributed by atoms with Crippen molar-refractivity contribution in [3.05, 3.63) is 41.8 Å². The van der Waals surface area contributed by atoms with Crippen LogP contribution in [-0.4, -0.2) is 36.7 Å². The fourth-order valence-electron chi connectivity index (χ4n) is 1.55. The Labute approximate surface area is 113 Å². The number of benzene rings is 1. The summed E-state index contributed by atoms with van der Waals surface area (Å²) in [5, 5.41) is 14.0. The van der Waals surface area contributed by atoms with Crippen LogP contribution < -0.4 is 4.31 Å². The van der Waals surface area contributed by atoms with Crippen LogP contribution in [0.3, 0.4) is 0 Å². The number of anilines is 1. The van der Waals surface area contributed by atoms with E-state index >= 15 is 0 Å². The highest BCUT2D eigenvalue weighted by Gasteiger charge is 2.29. The van der Waals surface area contributed by atoms with Crippen molar-refractivity contribution in [1.82, 2.24) is 10.2 Å². The lowest BCUT2D eigenvalue weighted by Gasteiger charge is -2.18. The van der Waals surface area contributed by atoms with Crippen LogP contribution in [0.5, 0.6) is 0 Å². The Morgan fingerprint density at radius 2 is 1.95 bits per heavy atom. The molecule has 2 rings (SSSR count). The predicted molar refractivity (Wildman–Crippen MR) is 67.5 cm³/mol. The molecule has 9 heteroatoms. The van der Waals surface area contributed by atoms with Gasteiger partial charge in [0.05, 0.1) is 11.9 Å². The van der Waals surface area contributed by atoms with Crippen molar-refractivity contribution in [3.8, 4) is 0 Å². The van der Waals surface area contributed by atoms with Crippen LogP contribution >= 0.6 is 0 Å². The van der Waals surface area contributed by atoms with Gasteiger partial charge in [-0.3, -0.25) is 9.40 Å². The van der Waals surface area contributed by atoms with E-state index in [1.165, 1.54) is 19.2 Å². The Balaban J connectivity index is 2.47. The summed E-state index contributed by atoms with van der Waals surface area (Å²) in [7, 11) is -2.89. The van der Waals surface area contributed by atoms with Gasteiger partial charge in [-0.25, -0.2) is 9.18 Å². The summed E-state index contributed by atoms with van der Waals surface area (Å²) in [5.41, 5.74) is -0.267. The van der Waals surface area contributed by atoms with Gasteiger partial charge < -0.3 is 5.11 Å². The molecule has 0 atom stereocenters. The largest absolute Gasteiger partial charge is 0.478 e. The number of aromatic nitrogens is 2. The smallest absolute Gasteiger partial charge is 0.340 e. The van der Waals surface area contributed by atoms with Crippen molar-refractivity contribution in [3.63, 3.8) is 0 Å². The van der Waals surface area contributed by atoms with Crippen molar-refractivity contribution in [2.24, 2.45) is 0 Å². The lowest BCUT2D eigenvalue weighted by molar-refractivity contribution is 0.0692. The fraction of sp³-hybridized carbons (Fsp3) is 0.0909. The first-order chi connectivity index (χ1) is 9.34. The number of carboxylic acids is 1. The van der Waals surface area contributed by atoms with E-state index in [0.29, 0.717) is 0 Å². The van der Waals surface area contributed by atoms with Crippen LogP contribution in [0.25, 0.3) is 0 Å². The summed E-state index contributed by atoms with van der Waals surface area (Å²) in [6, 6.07) is 4.74. The lowest BCUT2D eigenvalue weighted by atomic mass is 10.3. The second-order valence-corrected chi connectivity index (χ2v) is 5.77. The Hall–Kier alpha value is -2.42. The Bertz CT molecular complexity index is 739. The van der Waals surface area contributed by atoms with E-state index in [1.54, 1.807) is 0 Å². The van der Waals surface area contributed by atoms with E-state index in [0.717, 1.165) is 22.6 Å². The van der Waals surface area contributed by atoms with Gasteiger partial charge in [-0.1, -0.05) is 0 Å². The van der Waals surface area contributed by atoms with Crippen molar-refractivity contribution >= 4 is 21.7 Å². The van der Waals surface area contributed by atoms with Crippen LogP contribution in [0.1, 0.15) is 10.4 Å². The van der Waals surface area contributed by atoms with Crippen LogP contribution in [0.15, 0.2) is 35.5 Å². The number of H-pyrrole nitrogens is 1. The second kappa shape index (κ2) is 4.93. The molecular weight excluding hydrogens is 289 g/mol. The molecular formula is C11H10FN3O4S. The molecule has 0 aliphatic rings. The standard InChI is InChI=1S/C11H10FN3O4S/c1-15(8-4-2-7(12)3-5-8)20(18,19)10-9(11(16)17)6-13-14-10/h2-6H,1H3,(H,13,14)(H,16,17). The molecule has 1 heterocycles. The highest BCUT2D eigenvalue weighted by molar-refractivity contribution is 7.92. The summed E-state index contributed by atoms with van der Waals surface area (Å²) in [6.45, 7) is 0. The summed E-state index contributed by atoms with van der Waals surface area (Å²) < 4.78 is 38.3. The molecule has 20 heavy (non-hydrogen) atoms. The van der Waals surface area contributed by atoms with Gasteiger partial charge in [-0.2, -0.15) is 13.5 Å². The Morgan fingerprint density at radius 1 is 1.35 bits per heavy atom. The van der Waals surface area contributed by atoms with Crippen LogP contribution in [0.4, 0.5) is 10.1 Å². The number of hydrogen-bond acceptors (Lipinski definition) is 4. The quantitative estimate of drug-likeness (QED) is 0.879. The van der Waals surface area contributed by atoms with Crippen LogP contribution in [0.2, 0.25) is 0 Å². The molecule has 0 amide bonds. The van der Waals surface area contributed by atoms with Gasteiger partial charge in [0.25, 0.3) is 10.0 Å². The monoisotopic (exact) mass is 299 g/mol. The maximum absolute atomic E-state index is 12.8. The van der Waals surface area contributed by atoms with Crippen molar-refractivity contribution in [2.45, 2.75) is 5.03 Å². The molecule has 1 aromatic carbocycles. The molecule has 0 bridgehead atoms. The first-order valence-electron chi connectivity index (χ1n) is 5.35. The fourth-order valence-corrected chi connectivity index (χ4v) is 2.81. The lowest BCUT2D eigenvalue weighted by Crippen LogP contribution is -2.28. The molecule has 0 spiro atoms. The average Bonchev–Trinajstić information content (AvgIpc) is 2.89. The molecule has 0 fully saturated rings. The molecule has 0 radical (unpaired) electrons. The summed E-state index contributed by atoms with van der Waals surface area (Å²) in [6.07, 6.45) is 0.910. The van der Waals surface area contributed by atoms with Crippen LogP contribution in [0, 0.1) is 5.82 Å². The second-order valence-electron chi connectivity index (χ2n) is 3.87. The first kappa shape index (κ1) is 14.0. The minimum Gasteiger partial charge on any atom is -0.478 e. The number of hydrogen-bond donors (Lipinski definition) is 2. The topological polar surface area (TPSA) is 103 Å². The van der Waals surface area contributed by atoms with Crippen molar-refractivity contribution in [1.29, 1.82) is 0 Å². The minimum atomic E-state index is -4.13. The third kappa shape index (κ3) is 2.35. The zero-order valence-electron chi connectivity index (χ0n) is 10.2. The number of rotatable bonds is 4. The zero-order chi connectivity index (χ0) is 14.9. The number of sulfonamides is 1. The molecule has 106 valence electrons. The number of nitrogens with zero attached hydrogens (tertiary/aromatic N) is 2. The van der Waals surface area contributed by atoms with E-state index in [-0.39, 0.29) is 5.69 Å². The number of carboxylic acid groups (broad SMARTS) is 1. The summed E-state index contributed by atoms with van der Waals surface area (Å²) in [5.74, 6) is -1.92. The van der Waals surface area contributed by atoms with Gasteiger partial charge >= 0.3 is 5.97 Å². The average molecular weight is 299 g/mol. The molecule has 0 aliphatic carbocycles. The number of halogens is 1. The van der Waals surface area contributed by atoms with E-state index in [2.05, 4.69) is 10.2 Å². The maximum Gasteiger partial charge on any atom is 0.340 e. The van der Waals surface area contributed by atoms with E-state index in [4.69, 9.17) is 5.11 Å². The third-order valence-corrected chi connectivity index (χ3v) is 4.40. The molecule has 0 saturated heterocycles. The number of nitrogens with one attached hydrogen (secondary N) is 1. The Kier molecular flexibility index (Phi) is 3.45. The number of aromatic amines is 1. The highest BCUT2D eigenvalue weighted by Crippen LogP contribution is 2.23. The molecule has 2 N–H and O–H groups in total. The molecule has 7 nitrogen and oxygen atoms in total. The third-order valence-electron chi connectivity index (χ3n) is 2.64. The predicted octanol–water partition coefficient (Wildman–Crippen LogP) is 1.07. The van der Waals surface area contributed by atoms with Gasteiger partial charge in [0.1, 0.15) is 11.4 Å². The Morgan fingerprint density at radius 3 is 2.50 bits per heavy atom. The van der Waals surface area contributed by atoms with E-state index < -0.39 is 32.4 Å². The minimum absolute atomic E-state index is 0.192. The number of aromatic carboxylic acids is 1. The number of carbonyl (C=O) groups is 1. The van der Waals surface area contributed by atoms with E-state index in [1.807, 2.05) is 0 Å². The highest BCUT2D eigenvalue weighted by atomic mass is 32.2. The van der Waals surface area contributed by atoms with Crippen molar-refractivity contribution in [2.75, 3.05) is 11.4 Å². The van der Waals surface area contributed by atoms with Crippen LogP contribution in [-0.2, 0) is 10.0 Å². The normalized spacial score (nSPS) is 11.3. The van der Waals surface area contributed by atoms with Gasteiger partial charge in [-0.05, 0) is 24.3 Å². The zero-order valence-corrected chi connectivity index (χ0v) is 11.1.